The first kappa shape index (κ1) is 24.8. The molecule has 0 saturated carbocycles. The van der Waals surface area contributed by atoms with Crippen LogP contribution >= 0.6 is 0 Å². The van der Waals surface area contributed by atoms with Gasteiger partial charge in [-0.05, 0) is 60.0 Å². The number of hydrogen-bond acceptors (Lipinski definition) is 3. The van der Waals surface area contributed by atoms with E-state index in [2.05, 4.69) is 137 Å². The smallest absolute Gasteiger partial charge is 0.145 e. The molecule has 0 amide bonds. The van der Waals surface area contributed by atoms with Gasteiger partial charge in [-0.15, -0.1) is 0 Å². The zero-order valence-corrected chi connectivity index (χ0v) is 23.9. The number of aromatic nitrogens is 5. The summed E-state index contributed by atoms with van der Waals surface area (Å²) in [4.78, 5) is 15.3. The largest absolute Gasteiger partial charge is 0.298 e. The third-order valence-electron chi connectivity index (χ3n) is 8.69. The monoisotopic (exact) mass is 565 g/mol. The molecule has 1 unspecified atom stereocenters. The fraction of sp³-hybridized carbons (Fsp3) is 0.0513. The van der Waals surface area contributed by atoms with Crippen molar-refractivity contribution >= 4 is 44.2 Å². The number of rotatable bonds is 4. The SMILES string of the molecule is C1=CC(c2nc3ccccc3c3nc4ccccn4c23)CC(c2ccc(-c3nc4ccccc4n3-c3ccccc3)cc2)=C1. The lowest BCUT2D eigenvalue weighted by molar-refractivity contribution is 0.839. The van der Waals surface area contributed by atoms with Crippen molar-refractivity contribution in [1.82, 2.24) is 23.9 Å². The van der Waals surface area contributed by atoms with E-state index in [1.165, 1.54) is 11.1 Å². The summed E-state index contributed by atoms with van der Waals surface area (Å²) < 4.78 is 4.43. The lowest BCUT2D eigenvalue weighted by Gasteiger charge is -2.20. The summed E-state index contributed by atoms with van der Waals surface area (Å²) >= 11 is 0. The van der Waals surface area contributed by atoms with Gasteiger partial charge >= 0.3 is 0 Å². The molecule has 4 heterocycles. The van der Waals surface area contributed by atoms with E-state index in [1.807, 2.05) is 18.2 Å². The molecule has 1 atom stereocenters. The van der Waals surface area contributed by atoms with E-state index in [-0.39, 0.29) is 5.92 Å². The number of para-hydroxylation sites is 4. The van der Waals surface area contributed by atoms with Crippen LogP contribution in [0.5, 0.6) is 0 Å². The molecule has 8 aromatic rings. The van der Waals surface area contributed by atoms with Crippen molar-refractivity contribution in [2.24, 2.45) is 0 Å². The second kappa shape index (κ2) is 9.89. The van der Waals surface area contributed by atoms with Crippen molar-refractivity contribution in [2.45, 2.75) is 12.3 Å². The molecule has 5 heteroatoms. The lowest BCUT2D eigenvalue weighted by atomic mass is 9.87. The first-order chi connectivity index (χ1) is 21.8. The molecule has 4 aromatic carbocycles. The number of fused-ring (bicyclic) bond motifs is 6. The van der Waals surface area contributed by atoms with Crippen LogP contribution in [0.4, 0.5) is 0 Å². The van der Waals surface area contributed by atoms with Crippen LogP contribution in [0.3, 0.4) is 0 Å². The van der Waals surface area contributed by atoms with Gasteiger partial charge in [-0.1, -0.05) is 97.1 Å². The summed E-state index contributed by atoms with van der Waals surface area (Å²) in [7, 11) is 0. The van der Waals surface area contributed by atoms with Gasteiger partial charge in [-0.25, -0.2) is 15.0 Å². The number of allylic oxidation sites excluding steroid dienone is 4. The molecular formula is C39H27N5. The second-order valence-electron chi connectivity index (χ2n) is 11.3. The standard InChI is InChI=1S/C39H27N5/c1-2-13-30(14-3-1)44-34-18-7-6-17-33(34)41-39(44)27-22-20-26(21-23-27)28-11-10-12-29(25-28)36-38-37(31-15-4-5-16-32(31)40-36)42-35-19-8-9-24-43(35)38/h1-24,29H,25H2. The number of pyridine rings is 2. The van der Waals surface area contributed by atoms with Crippen LogP contribution in [0, 0.1) is 0 Å². The molecule has 5 nitrogen and oxygen atoms in total. The van der Waals surface area contributed by atoms with Gasteiger partial charge in [0.2, 0.25) is 0 Å². The van der Waals surface area contributed by atoms with Crippen LogP contribution in [-0.4, -0.2) is 23.9 Å². The summed E-state index contributed by atoms with van der Waals surface area (Å²) in [5.74, 6) is 1.07. The molecule has 0 N–H and O–H groups in total. The zero-order valence-electron chi connectivity index (χ0n) is 23.9. The number of nitrogens with zero attached hydrogens (tertiary/aromatic N) is 5. The van der Waals surface area contributed by atoms with Gasteiger partial charge in [-0.3, -0.25) is 8.97 Å². The average Bonchev–Trinajstić information content (AvgIpc) is 3.68. The topological polar surface area (TPSA) is 48.0 Å². The molecule has 0 fully saturated rings. The zero-order chi connectivity index (χ0) is 29.0. The van der Waals surface area contributed by atoms with Crippen LogP contribution < -0.4 is 0 Å². The third-order valence-corrected chi connectivity index (χ3v) is 8.69. The Morgan fingerprint density at radius 2 is 1.39 bits per heavy atom. The minimum atomic E-state index is 0.129. The Bertz CT molecular complexity index is 2410. The van der Waals surface area contributed by atoms with Crippen LogP contribution in [0.1, 0.15) is 23.6 Å². The molecule has 0 aliphatic heterocycles. The van der Waals surface area contributed by atoms with E-state index < -0.39 is 0 Å². The highest BCUT2D eigenvalue weighted by Gasteiger charge is 2.23. The van der Waals surface area contributed by atoms with Gasteiger partial charge in [0.1, 0.15) is 17.0 Å². The van der Waals surface area contributed by atoms with Crippen molar-refractivity contribution in [3.05, 3.63) is 157 Å². The molecule has 4 aromatic heterocycles. The molecule has 0 saturated heterocycles. The highest BCUT2D eigenvalue weighted by molar-refractivity contribution is 6.05. The minimum absolute atomic E-state index is 0.129. The van der Waals surface area contributed by atoms with Gasteiger partial charge in [0.05, 0.1) is 27.8 Å². The third kappa shape index (κ3) is 3.90. The summed E-state index contributed by atoms with van der Waals surface area (Å²) in [6.45, 7) is 0. The van der Waals surface area contributed by atoms with Crippen molar-refractivity contribution in [3.8, 4) is 17.1 Å². The molecule has 0 spiro atoms. The summed E-state index contributed by atoms with van der Waals surface area (Å²) in [6.07, 6.45) is 9.64. The number of imidazole rings is 2. The maximum atomic E-state index is 5.24. The Hall–Kier alpha value is -5.81. The maximum absolute atomic E-state index is 5.24. The van der Waals surface area contributed by atoms with Crippen molar-refractivity contribution < 1.29 is 0 Å². The van der Waals surface area contributed by atoms with E-state index in [1.54, 1.807) is 0 Å². The fourth-order valence-corrected chi connectivity index (χ4v) is 6.61. The van der Waals surface area contributed by atoms with Crippen molar-refractivity contribution in [1.29, 1.82) is 0 Å². The fourth-order valence-electron chi connectivity index (χ4n) is 6.61. The van der Waals surface area contributed by atoms with Crippen LogP contribution in [0.25, 0.3) is 61.3 Å². The van der Waals surface area contributed by atoms with E-state index in [0.717, 1.165) is 67.8 Å². The summed E-state index contributed by atoms with van der Waals surface area (Å²) in [5.41, 5.74) is 11.8. The second-order valence-corrected chi connectivity index (χ2v) is 11.3. The molecule has 208 valence electrons. The lowest BCUT2D eigenvalue weighted by Crippen LogP contribution is -2.06. The summed E-state index contributed by atoms with van der Waals surface area (Å²) in [6, 6.07) is 42.1. The Kier molecular flexibility index (Phi) is 5.56. The van der Waals surface area contributed by atoms with Crippen LogP contribution in [-0.2, 0) is 0 Å². The predicted molar refractivity (Wildman–Crippen MR) is 179 cm³/mol. The quantitative estimate of drug-likeness (QED) is 0.214. The minimum Gasteiger partial charge on any atom is -0.298 e. The Labute approximate surface area is 254 Å². The van der Waals surface area contributed by atoms with E-state index in [9.17, 15) is 0 Å². The normalized spacial score (nSPS) is 15.0. The predicted octanol–water partition coefficient (Wildman–Crippen LogP) is 9.17. The first-order valence-corrected chi connectivity index (χ1v) is 15.0. The highest BCUT2D eigenvalue weighted by Crippen LogP contribution is 2.39. The van der Waals surface area contributed by atoms with Gasteiger partial charge in [0, 0.05) is 28.8 Å². The Morgan fingerprint density at radius 3 is 2.27 bits per heavy atom. The molecule has 44 heavy (non-hydrogen) atoms. The highest BCUT2D eigenvalue weighted by atomic mass is 15.1. The van der Waals surface area contributed by atoms with Crippen LogP contribution in [0.2, 0.25) is 0 Å². The first-order valence-electron chi connectivity index (χ1n) is 15.0. The van der Waals surface area contributed by atoms with Crippen molar-refractivity contribution in [2.75, 3.05) is 0 Å². The van der Waals surface area contributed by atoms with E-state index in [4.69, 9.17) is 15.0 Å². The molecule has 9 rings (SSSR count). The van der Waals surface area contributed by atoms with Gasteiger partial charge in [-0.2, -0.15) is 0 Å². The van der Waals surface area contributed by atoms with E-state index >= 15 is 0 Å². The maximum Gasteiger partial charge on any atom is 0.145 e. The van der Waals surface area contributed by atoms with Gasteiger partial charge in [0.25, 0.3) is 0 Å². The Morgan fingerprint density at radius 1 is 0.636 bits per heavy atom. The summed E-state index contributed by atoms with van der Waals surface area (Å²) in [5, 5.41) is 1.09. The number of benzene rings is 4. The van der Waals surface area contributed by atoms with Gasteiger partial charge in [0.15, 0.2) is 0 Å². The Balaban J connectivity index is 1.10. The molecular weight excluding hydrogens is 538 g/mol. The van der Waals surface area contributed by atoms with Gasteiger partial charge < -0.3 is 0 Å². The molecule has 0 bridgehead atoms. The average molecular weight is 566 g/mol. The number of hydrogen-bond donors (Lipinski definition) is 0. The van der Waals surface area contributed by atoms with Crippen molar-refractivity contribution in [3.63, 3.8) is 0 Å². The molecule has 1 aliphatic rings. The van der Waals surface area contributed by atoms with E-state index in [0.29, 0.717) is 0 Å². The van der Waals surface area contributed by atoms with Crippen LogP contribution in [0.15, 0.2) is 146 Å². The molecule has 0 radical (unpaired) electrons. The molecule has 1 aliphatic carbocycles.